The summed E-state index contributed by atoms with van der Waals surface area (Å²) in [5, 5.41) is 2.81. The molecule has 0 bridgehead atoms. The van der Waals surface area contributed by atoms with Crippen LogP contribution in [0, 0.1) is 4.91 Å². The lowest BCUT2D eigenvalue weighted by atomic mass is 10.1. The van der Waals surface area contributed by atoms with Crippen molar-refractivity contribution in [3.05, 3.63) is 22.6 Å². The summed E-state index contributed by atoms with van der Waals surface area (Å²) in [4.78, 5) is 20.5. The van der Waals surface area contributed by atoms with Crippen molar-refractivity contribution in [1.29, 1.82) is 0 Å². The number of methoxy groups -OCH3 is 2. The summed E-state index contributed by atoms with van der Waals surface area (Å²) < 4.78 is 14.5. The Morgan fingerprint density at radius 1 is 1.25 bits per heavy atom. The third kappa shape index (κ3) is 2.47. The molecule has 0 amide bonds. The van der Waals surface area contributed by atoms with Gasteiger partial charge in [0.1, 0.15) is 12.3 Å². The van der Waals surface area contributed by atoms with E-state index in [-0.39, 0.29) is 12.3 Å². The van der Waals surface area contributed by atoms with E-state index in [1.54, 1.807) is 0 Å². The van der Waals surface area contributed by atoms with Gasteiger partial charge in [-0.25, -0.2) is 4.79 Å². The number of nitroso groups, excluding NO2 is 1. The average molecular weight is 224 g/mol. The lowest BCUT2D eigenvalue weighted by Gasteiger charge is -2.10. The van der Waals surface area contributed by atoms with Crippen LogP contribution in [-0.4, -0.2) is 20.7 Å². The number of hydrogen-bond donors (Lipinski definition) is 0. The topological polar surface area (TPSA) is 74.2 Å². The third-order valence-corrected chi connectivity index (χ3v) is 1.97. The van der Waals surface area contributed by atoms with Crippen LogP contribution in [0.5, 0.6) is 11.5 Å². The minimum Gasteiger partial charge on any atom is -0.493 e. The van der Waals surface area contributed by atoms with Gasteiger partial charge in [-0.1, -0.05) is 0 Å². The fourth-order valence-electron chi connectivity index (χ4n) is 1.22. The van der Waals surface area contributed by atoms with E-state index in [2.05, 4.69) is 9.91 Å². The van der Waals surface area contributed by atoms with Crippen molar-refractivity contribution in [3.8, 4) is 11.5 Å². The maximum absolute atomic E-state index is 10.6. The number of rotatable bonds is 6. The monoisotopic (exact) mass is 224 g/mol. The minimum absolute atomic E-state index is 0.0923. The van der Waals surface area contributed by atoms with E-state index in [1.807, 2.05) is 0 Å². The van der Waals surface area contributed by atoms with Crippen molar-refractivity contribution in [2.24, 2.45) is 5.18 Å². The molecule has 0 atom stereocenters. The molecular weight excluding hydrogens is 214 g/mol. The SMILES string of the molecule is COc1cc(CO[C]=O)c(N=O)cc1OC. The molecule has 85 valence electrons. The van der Waals surface area contributed by atoms with Crippen molar-refractivity contribution in [2.75, 3.05) is 14.2 Å². The van der Waals surface area contributed by atoms with Gasteiger partial charge in [0.15, 0.2) is 11.5 Å². The lowest BCUT2D eigenvalue weighted by molar-refractivity contribution is 0.266. The maximum atomic E-state index is 10.6. The fraction of sp³-hybridized carbons (Fsp3) is 0.300. The van der Waals surface area contributed by atoms with Crippen molar-refractivity contribution in [2.45, 2.75) is 6.61 Å². The van der Waals surface area contributed by atoms with Crippen LogP contribution in [0.25, 0.3) is 0 Å². The van der Waals surface area contributed by atoms with Crippen LogP contribution < -0.4 is 9.47 Å². The number of carbonyl (C=O) groups excluding carboxylic acids is 1. The predicted octanol–water partition coefficient (Wildman–Crippen LogP) is 1.69. The highest BCUT2D eigenvalue weighted by molar-refractivity contribution is 5.57. The quantitative estimate of drug-likeness (QED) is 0.687. The molecule has 0 unspecified atom stereocenters. The highest BCUT2D eigenvalue weighted by atomic mass is 16.5. The predicted molar refractivity (Wildman–Crippen MR) is 55.5 cm³/mol. The summed E-state index contributed by atoms with van der Waals surface area (Å²) in [5.41, 5.74) is 0.559. The van der Waals surface area contributed by atoms with Crippen LogP contribution in [0.3, 0.4) is 0 Å². The van der Waals surface area contributed by atoms with Gasteiger partial charge in [-0.2, -0.15) is 0 Å². The molecule has 0 aliphatic rings. The van der Waals surface area contributed by atoms with Gasteiger partial charge in [0.05, 0.1) is 14.2 Å². The molecule has 0 saturated carbocycles. The van der Waals surface area contributed by atoms with E-state index >= 15 is 0 Å². The lowest BCUT2D eigenvalue weighted by Crippen LogP contribution is -1.95. The highest BCUT2D eigenvalue weighted by Crippen LogP contribution is 2.34. The first kappa shape index (κ1) is 12.0. The van der Waals surface area contributed by atoms with E-state index < -0.39 is 0 Å². The van der Waals surface area contributed by atoms with Crippen LogP contribution in [0.15, 0.2) is 17.3 Å². The molecule has 0 spiro atoms. The zero-order valence-corrected chi connectivity index (χ0v) is 8.85. The highest BCUT2D eigenvalue weighted by Gasteiger charge is 2.12. The largest absolute Gasteiger partial charge is 0.493 e. The minimum atomic E-state index is -0.0923. The molecular formula is C10H10NO5. The van der Waals surface area contributed by atoms with E-state index in [4.69, 9.17) is 9.47 Å². The fourth-order valence-corrected chi connectivity index (χ4v) is 1.22. The van der Waals surface area contributed by atoms with E-state index in [1.165, 1.54) is 32.8 Å². The number of hydrogen-bond acceptors (Lipinski definition) is 6. The number of ether oxygens (including phenoxy) is 3. The molecule has 0 aliphatic carbocycles. The molecule has 0 heterocycles. The Balaban J connectivity index is 3.14. The standard InChI is InChI=1S/C10H10NO5/c1-14-9-3-7(5-16-6-12)8(11-13)4-10(9)15-2/h3-4H,5H2,1-2H3. The molecule has 0 aliphatic heterocycles. The van der Waals surface area contributed by atoms with Gasteiger partial charge in [0, 0.05) is 11.6 Å². The van der Waals surface area contributed by atoms with E-state index in [0.29, 0.717) is 17.1 Å². The summed E-state index contributed by atoms with van der Waals surface area (Å²) in [6.45, 7) is 1.18. The van der Waals surface area contributed by atoms with E-state index in [9.17, 15) is 9.70 Å². The smallest absolute Gasteiger partial charge is 0.417 e. The molecule has 0 fully saturated rings. The molecule has 1 aromatic rings. The van der Waals surface area contributed by atoms with Gasteiger partial charge < -0.3 is 14.2 Å². The normalized spacial score (nSPS) is 9.38. The maximum Gasteiger partial charge on any atom is 0.417 e. The molecule has 6 heteroatoms. The average Bonchev–Trinajstić information content (AvgIpc) is 2.35. The Kier molecular flexibility index (Phi) is 4.26. The Hall–Kier alpha value is -2.11. The molecule has 1 aromatic carbocycles. The first-order valence-corrected chi connectivity index (χ1v) is 4.34. The first-order chi connectivity index (χ1) is 7.76. The molecule has 0 N–H and O–H groups in total. The Bertz CT molecular complexity index is 391. The van der Waals surface area contributed by atoms with Crippen LogP contribution in [0.4, 0.5) is 5.69 Å². The molecule has 0 aromatic heterocycles. The van der Waals surface area contributed by atoms with Crippen molar-refractivity contribution < 1.29 is 19.0 Å². The van der Waals surface area contributed by atoms with Crippen LogP contribution in [0.1, 0.15) is 5.56 Å². The Labute approximate surface area is 92.1 Å². The third-order valence-electron chi connectivity index (χ3n) is 1.97. The summed E-state index contributed by atoms with van der Waals surface area (Å²) in [7, 11) is 2.91. The van der Waals surface area contributed by atoms with Gasteiger partial charge in [0.25, 0.3) is 0 Å². The summed E-state index contributed by atoms with van der Waals surface area (Å²) in [6.07, 6.45) is 0. The molecule has 1 radical (unpaired) electrons. The Morgan fingerprint density at radius 3 is 2.38 bits per heavy atom. The summed E-state index contributed by atoms with van der Waals surface area (Å²) in [5.74, 6) is 0.815. The van der Waals surface area contributed by atoms with Gasteiger partial charge in [-0.05, 0) is 11.2 Å². The molecule has 1 rings (SSSR count). The first-order valence-electron chi connectivity index (χ1n) is 4.34. The van der Waals surface area contributed by atoms with Gasteiger partial charge >= 0.3 is 6.47 Å². The molecule has 0 saturated heterocycles. The number of nitrogens with zero attached hydrogens (tertiary/aromatic N) is 1. The van der Waals surface area contributed by atoms with Crippen LogP contribution in [0.2, 0.25) is 0 Å². The second-order valence-electron chi connectivity index (χ2n) is 2.80. The van der Waals surface area contributed by atoms with E-state index in [0.717, 1.165) is 0 Å². The molecule has 6 nitrogen and oxygen atoms in total. The van der Waals surface area contributed by atoms with Crippen LogP contribution in [-0.2, 0) is 16.1 Å². The van der Waals surface area contributed by atoms with Crippen molar-refractivity contribution >= 4 is 12.2 Å². The summed E-state index contributed by atoms with van der Waals surface area (Å²) >= 11 is 0. The molecule has 16 heavy (non-hydrogen) atoms. The Morgan fingerprint density at radius 2 is 1.88 bits per heavy atom. The number of benzene rings is 1. The van der Waals surface area contributed by atoms with Gasteiger partial charge in [-0.15, -0.1) is 4.91 Å². The van der Waals surface area contributed by atoms with Gasteiger partial charge in [-0.3, -0.25) is 0 Å². The van der Waals surface area contributed by atoms with Gasteiger partial charge in [0.2, 0.25) is 0 Å². The summed E-state index contributed by atoms with van der Waals surface area (Å²) in [6, 6.07) is 2.93. The van der Waals surface area contributed by atoms with Crippen molar-refractivity contribution in [3.63, 3.8) is 0 Å². The second kappa shape index (κ2) is 5.69. The van der Waals surface area contributed by atoms with Crippen LogP contribution >= 0.6 is 0 Å². The zero-order valence-electron chi connectivity index (χ0n) is 8.85. The second-order valence-corrected chi connectivity index (χ2v) is 2.80. The zero-order chi connectivity index (χ0) is 12.0. The van der Waals surface area contributed by atoms with Crippen molar-refractivity contribution in [1.82, 2.24) is 0 Å².